The number of imidazole rings is 5. The zero-order chi connectivity index (χ0) is 81.0. The molecule has 0 aliphatic carbocycles. The number of hydrogen-bond acceptors (Lipinski definition) is 35. The van der Waals surface area contributed by atoms with Crippen LogP contribution in [0.1, 0.15) is 102 Å². The molecule has 1 fully saturated rings. The summed E-state index contributed by atoms with van der Waals surface area (Å²) in [5.41, 5.74) is 110. The van der Waals surface area contributed by atoms with Gasteiger partial charge in [-0.1, -0.05) is 0 Å². The second-order valence-electron chi connectivity index (χ2n) is 21.8. The molecule has 53 N–H and O–H groups in total. The number of primary amides is 1. The number of amides is 1. The molecule has 0 saturated carbocycles. The van der Waals surface area contributed by atoms with Gasteiger partial charge in [0.15, 0.2) is 94.6 Å². The number of rotatable bonds is 28. The lowest BCUT2D eigenvalue weighted by Crippen LogP contribution is -2.76. The minimum absolute atomic E-state index is 0.0114. The fourth-order valence-corrected chi connectivity index (χ4v) is 8.77. The number of hydrogen-bond donors (Lipinski definition) is 32. The molecule has 596 valence electrons. The number of aromatic nitrogens is 10. The van der Waals surface area contributed by atoms with Gasteiger partial charge in [0.1, 0.15) is 48.5 Å². The average Bonchev–Trinajstić information content (AvgIpc) is 1.54. The number of ketones is 2. The lowest BCUT2D eigenvalue weighted by atomic mass is 9.87. The Morgan fingerprint density at radius 3 is 1.67 bits per heavy atom. The van der Waals surface area contributed by atoms with Gasteiger partial charge in [0, 0.05) is 76.5 Å². The van der Waals surface area contributed by atoms with Crippen LogP contribution in [0.4, 0.5) is 34.5 Å². The van der Waals surface area contributed by atoms with E-state index in [4.69, 9.17) is 130 Å². The van der Waals surface area contributed by atoms with Crippen molar-refractivity contribution in [3.8, 4) is 0 Å². The van der Waals surface area contributed by atoms with Gasteiger partial charge in [-0.2, -0.15) is 0 Å². The number of guanidine groups is 8. The van der Waals surface area contributed by atoms with Crippen LogP contribution < -0.4 is 126 Å². The smallest absolute Gasteiger partial charge is 0.404 e. The molecule has 1 spiro atoms. The van der Waals surface area contributed by atoms with Crippen molar-refractivity contribution < 1.29 is 59.0 Å². The minimum atomic E-state index is -2.12. The second-order valence-corrected chi connectivity index (χ2v) is 21.8. The highest BCUT2D eigenvalue weighted by Crippen LogP contribution is 2.44. The molecular formula is C54H103N41O12. The Morgan fingerprint density at radius 1 is 0.645 bits per heavy atom. The SMILES string of the molecule is COC(=O)C(N)CCCN=C(N)N.NC(=O)OC[C@@H]1N=C(N)N2CCC(O)(O)C23NC(N)=NC13.NC(N)=NCCC(=O)c1cnc(N)[nH]1.NC(N)=NCCC(=O)c1nc(N)[nH]c1C(O)CO.NC(N)=NCCC(O)c1cnc(N)[nH]1.NC(N)=NCCC=O.NC(N)=NCCCc1cnc(N)[nH]1.Nc1ncc[nH]1. The highest BCUT2D eigenvalue weighted by molar-refractivity contribution is 5.96. The van der Waals surface area contributed by atoms with Gasteiger partial charge >= 0.3 is 12.1 Å². The molecule has 3 aliphatic heterocycles. The molecule has 0 radical (unpaired) electrons. The Labute approximate surface area is 610 Å². The lowest BCUT2D eigenvalue weighted by Gasteiger charge is -2.48. The fraction of sp³-hybridized carbons (Fsp3) is 0.481. The molecule has 8 rings (SSSR count). The molecule has 6 atom stereocenters. The Balaban J connectivity index is 0.000000624. The first-order valence-electron chi connectivity index (χ1n) is 31.6. The third kappa shape index (κ3) is 35.4. The number of aldehydes is 1. The highest BCUT2D eigenvalue weighted by atomic mass is 16.5. The first-order chi connectivity index (χ1) is 50.3. The predicted molar refractivity (Wildman–Crippen MR) is 398 cm³/mol. The molecule has 5 aromatic rings. The van der Waals surface area contributed by atoms with Crippen LogP contribution in [0.3, 0.4) is 0 Å². The van der Waals surface area contributed by atoms with E-state index < -0.39 is 60.5 Å². The summed E-state index contributed by atoms with van der Waals surface area (Å²) in [7, 11) is 1.30. The van der Waals surface area contributed by atoms with Crippen LogP contribution in [-0.2, 0) is 25.5 Å². The number of methoxy groups -OCH3 is 1. The van der Waals surface area contributed by atoms with E-state index in [9.17, 15) is 44.4 Å². The first kappa shape index (κ1) is 91.7. The van der Waals surface area contributed by atoms with Crippen molar-refractivity contribution in [2.45, 2.75) is 99.6 Å². The maximum Gasteiger partial charge on any atom is 0.404 e. The van der Waals surface area contributed by atoms with Gasteiger partial charge in [0.2, 0.25) is 5.79 Å². The Bertz CT molecular complexity index is 3720. The number of ether oxygens (including phenoxy) is 2. The molecule has 0 bridgehead atoms. The number of nitrogens with zero attached hydrogens (tertiary/aromatic N) is 14. The van der Waals surface area contributed by atoms with Crippen molar-refractivity contribution in [2.24, 2.45) is 132 Å². The topological polar surface area (TPSA) is 1010 Å². The van der Waals surface area contributed by atoms with Gasteiger partial charge in [-0.25, -0.2) is 39.7 Å². The second kappa shape index (κ2) is 47.8. The Morgan fingerprint density at radius 2 is 1.19 bits per heavy atom. The van der Waals surface area contributed by atoms with Gasteiger partial charge in [0.05, 0.1) is 62.9 Å². The number of aliphatic imine (C=N–C) groups is 8. The number of carbonyl (C=O) groups excluding carboxylic acids is 5. The van der Waals surface area contributed by atoms with Gasteiger partial charge in [-0.15, -0.1) is 0 Å². The summed E-state index contributed by atoms with van der Waals surface area (Å²) in [5.74, 6) is -1.43. The molecular weight excluding hydrogens is 1410 g/mol. The van der Waals surface area contributed by atoms with Crippen LogP contribution in [0.25, 0.3) is 0 Å². The van der Waals surface area contributed by atoms with Crippen LogP contribution in [0.15, 0.2) is 70.9 Å². The Kier molecular flexibility index (Phi) is 41.0. The molecule has 3 aliphatic rings. The van der Waals surface area contributed by atoms with Crippen molar-refractivity contribution >= 4 is 107 Å². The van der Waals surface area contributed by atoms with E-state index in [1.54, 1.807) is 18.6 Å². The zero-order valence-electron chi connectivity index (χ0n) is 58.6. The number of nitrogens with one attached hydrogen (secondary N) is 6. The number of esters is 1. The van der Waals surface area contributed by atoms with E-state index in [1.807, 2.05) is 0 Å². The summed E-state index contributed by atoms with van der Waals surface area (Å²) in [5, 5.41) is 51.4. The maximum atomic E-state index is 11.8. The fourth-order valence-electron chi connectivity index (χ4n) is 8.77. The first-order valence-corrected chi connectivity index (χ1v) is 31.6. The van der Waals surface area contributed by atoms with Gasteiger partial charge in [-0.05, 0) is 32.1 Å². The van der Waals surface area contributed by atoms with Gasteiger partial charge < -0.3 is 195 Å². The minimum Gasteiger partial charge on any atom is -0.468 e. The molecule has 8 heterocycles. The summed E-state index contributed by atoms with van der Waals surface area (Å²) < 4.78 is 9.18. The van der Waals surface area contributed by atoms with Crippen LogP contribution in [0.2, 0.25) is 0 Å². The number of anilines is 5. The number of Topliss-reactive ketones (excluding diaryl/α,β-unsaturated/α-hetero) is 2. The van der Waals surface area contributed by atoms with E-state index in [2.05, 4.69) is 99.8 Å². The largest absolute Gasteiger partial charge is 0.468 e. The number of aliphatic hydroxyl groups is 5. The summed E-state index contributed by atoms with van der Waals surface area (Å²) in [4.78, 5) is 119. The summed E-state index contributed by atoms with van der Waals surface area (Å²) in [6.07, 6.45) is 9.74. The molecule has 53 nitrogen and oxygen atoms in total. The van der Waals surface area contributed by atoms with Crippen LogP contribution in [0, 0.1) is 0 Å². The Hall–Kier alpha value is -13.3. The number of H-pyrrole nitrogens is 5. The van der Waals surface area contributed by atoms with Crippen molar-refractivity contribution in [2.75, 3.05) is 94.8 Å². The lowest BCUT2D eigenvalue weighted by molar-refractivity contribution is -0.221. The quantitative estimate of drug-likeness (QED) is 0.00420. The number of nitrogen functional groups attached to an aromatic ring is 5. The van der Waals surface area contributed by atoms with Crippen LogP contribution >= 0.6 is 0 Å². The molecule has 5 unspecified atom stereocenters. The van der Waals surface area contributed by atoms with E-state index >= 15 is 0 Å². The van der Waals surface area contributed by atoms with E-state index in [0.29, 0.717) is 75.1 Å². The van der Waals surface area contributed by atoms with Crippen LogP contribution in [0.5, 0.6) is 0 Å². The molecule has 1 amide bonds. The molecule has 107 heavy (non-hydrogen) atoms. The normalized spacial score (nSPS) is 15.7. The van der Waals surface area contributed by atoms with Crippen molar-refractivity contribution in [1.82, 2.24) is 60.1 Å². The third-order valence-electron chi connectivity index (χ3n) is 13.5. The summed E-state index contributed by atoms with van der Waals surface area (Å²) in [6.45, 7) is 1.78. The molecule has 1 saturated heterocycles. The van der Waals surface area contributed by atoms with Crippen LogP contribution in [-0.4, -0.2) is 254 Å². The average molecular weight is 1520 g/mol. The standard InChI is InChI=1S/C10H17N7O4.C9H16N6O3.C7H14N6O.C7H12N6O.C7H14N6.C7H16N4O2.C4H9N3O.C3H5N3/c11-6-15-5-4(3-21-8(13)18)14-7(12)17-2-1-9(19,20)10(5,17)16-6;10-8(11)13-2-1-4(17)6-7(5(18)3-16)15-9(12)14-6;2*8-6(9)11-2-1-5(14)4-3-12-7(10)13-4;8-6(9)11-3-1-2-5-4-12-7(10)13-5;1-13-6(12)5(8)3-2-4-11-7(9)10;5-4(6)7-2-1-3-8;4-3-5-1-2-6-3/h4-5,19-20H,1-3H2,(H2,12,14)(H2,13,18)(H3,11,15,16);5,16,18H,1-3H2,(H4,10,11,13)(H3,12,14,15);3,5,14H,1-2H2,(H4,8,9,11)(H3,10,12,13);3H,1-2H2,(H4,8,9,11)(H3,10,12,13);4H,1-3H2,(H4,8,9,11)(H3,10,12,13);5H,2-4,8H2,1H3,(H4,9,10,11);3H,1-2H2,(H4,5,6,7);1-2H,(H3,4,5,6)/t4-,5?,10?;;;;;;;/m0......./s1. The molecule has 53 heteroatoms. The third-order valence-corrected chi connectivity index (χ3v) is 13.5. The highest BCUT2D eigenvalue weighted by Gasteiger charge is 2.69. The number of aromatic amines is 5. The number of aryl methyl sites for hydroxylation is 1. The predicted octanol–water partition coefficient (Wildman–Crippen LogP) is -11.9. The zero-order valence-corrected chi connectivity index (χ0v) is 58.6. The number of aliphatic hydroxyl groups excluding tert-OH is 3. The van der Waals surface area contributed by atoms with Gasteiger partial charge in [-0.3, -0.25) is 44.3 Å². The number of carbonyl (C=O) groups is 5. The van der Waals surface area contributed by atoms with Crippen molar-refractivity contribution in [3.05, 3.63) is 59.5 Å². The molecule has 5 aromatic heterocycles. The number of nitrogens with two attached hydrogens (primary N) is 21. The van der Waals surface area contributed by atoms with Gasteiger partial charge in [0.25, 0.3) is 0 Å². The summed E-state index contributed by atoms with van der Waals surface area (Å²) in [6, 6.07) is -2.08. The molecule has 0 aromatic carbocycles. The van der Waals surface area contributed by atoms with Crippen molar-refractivity contribution in [3.63, 3.8) is 0 Å². The summed E-state index contributed by atoms with van der Waals surface area (Å²) >= 11 is 0. The van der Waals surface area contributed by atoms with E-state index in [0.717, 1.165) is 24.8 Å². The van der Waals surface area contributed by atoms with Crippen molar-refractivity contribution in [1.29, 1.82) is 0 Å². The maximum absolute atomic E-state index is 11.8. The van der Waals surface area contributed by atoms with E-state index in [-0.39, 0.29) is 134 Å². The monoisotopic (exact) mass is 1520 g/mol. The van der Waals surface area contributed by atoms with E-state index in [1.165, 1.54) is 24.4 Å².